The van der Waals surface area contributed by atoms with Gasteiger partial charge in [0.15, 0.2) is 12.6 Å². The number of carbonyl (C=O) groups excluding carboxylic acids is 1. The Hall–Kier alpha value is -1.11. The molecule has 4 fully saturated rings. The number of hydrogen-bond donors (Lipinski definition) is 0. The lowest BCUT2D eigenvalue weighted by atomic mass is 9.88. The van der Waals surface area contributed by atoms with Crippen LogP contribution in [0.25, 0.3) is 0 Å². The van der Waals surface area contributed by atoms with Crippen LogP contribution >= 0.6 is 0 Å². The zero-order chi connectivity index (χ0) is 22.3. The maximum Gasteiger partial charge on any atom is 0.306 e. The second-order valence-corrected chi connectivity index (χ2v) is 10.1. The monoisotopic (exact) mass is 450 g/mol. The molecular weight excluding hydrogens is 408 g/mol. The third-order valence-electron chi connectivity index (χ3n) is 7.46. The summed E-state index contributed by atoms with van der Waals surface area (Å²) >= 11 is 0. The number of hydrogen-bond acceptors (Lipinski definition) is 6. The fourth-order valence-corrected chi connectivity index (χ4v) is 5.61. The summed E-state index contributed by atoms with van der Waals surface area (Å²) in [4.78, 5) is 12.1. The predicted octanol–water partition coefficient (Wildman–Crippen LogP) is 5.49. The SMILES string of the molecule is CCCCC(C)CC=C(OC1CCCCO1)[C@@H]1[C@H]2CC(=O)O[C@@H]2C[C@H]1OC1CCCCO1. The summed E-state index contributed by atoms with van der Waals surface area (Å²) in [6.07, 6.45) is 13.9. The van der Waals surface area contributed by atoms with E-state index in [1.807, 2.05) is 0 Å². The van der Waals surface area contributed by atoms with Crippen molar-refractivity contribution in [3.05, 3.63) is 11.8 Å². The first-order valence-corrected chi connectivity index (χ1v) is 13.1. The Bertz CT molecular complexity index is 622. The Morgan fingerprint density at radius 3 is 2.56 bits per heavy atom. The van der Waals surface area contributed by atoms with Crippen molar-refractivity contribution in [3.63, 3.8) is 0 Å². The lowest BCUT2D eigenvalue weighted by Gasteiger charge is -2.33. The van der Waals surface area contributed by atoms with E-state index in [1.54, 1.807) is 0 Å². The molecule has 0 bridgehead atoms. The summed E-state index contributed by atoms with van der Waals surface area (Å²) < 4.78 is 30.5. The second kappa shape index (κ2) is 11.8. The molecule has 182 valence electrons. The Morgan fingerprint density at radius 1 is 1.12 bits per heavy atom. The van der Waals surface area contributed by atoms with E-state index < -0.39 is 0 Å². The van der Waals surface area contributed by atoms with E-state index in [0.717, 1.165) is 70.3 Å². The van der Waals surface area contributed by atoms with E-state index in [1.165, 1.54) is 19.3 Å². The van der Waals surface area contributed by atoms with Gasteiger partial charge in [0.1, 0.15) is 11.9 Å². The van der Waals surface area contributed by atoms with Gasteiger partial charge in [-0.15, -0.1) is 0 Å². The lowest BCUT2D eigenvalue weighted by Crippen LogP contribution is -2.34. The Balaban J connectivity index is 1.52. The van der Waals surface area contributed by atoms with Crippen molar-refractivity contribution in [1.82, 2.24) is 0 Å². The zero-order valence-corrected chi connectivity index (χ0v) is 20.0. The molecule has 4 aliphatic rings. The highest BCUT2D eigenvalue weighted by molar-refractivity contribution is 5.72. The van der Waals surface area contributed by atoms with Gasteiger partial charge in [0.2, 0.25) is 0 Å². The van der Waals surface area contributed by atoms with Gasteiger partial charge in [-0.05, 0) is 50.5 Å². The largest absolute Gasteiger partial charge is 0.469 e. The maximum atomic E-state index is 12.1. The molecule has 0 amide bonds. The highest BCUT2D eigenvalue weighted by Gasteiger charge is 2.53. The van der Waals surface area contributed by atoms with Gasteiger partial charge in [0.05, 0.1) is 19.1 Å². The molecule has 32 heavy (non-hydrogen) atoms. The first kappa shape index (κ1) is 24.0. The van der Waals surface area contributed by atoms with Crippen molar-refractivity contribution in [2.45, 2.75) is 116 Å². The van der Waals surface area contributed by atoms with Crippen molar-refractivity contribution in [2.24, 2.45) is 17.8 Å². The lowest BCUT2D eigenvalue weighted by molar-refractivity contribution is -0.201. The normalized spacial score (nSPS) is 36.6. The number of fused-ring (bicyclic) bond motifs is 1. The zero-order valence-electron chi connectivity index (χ0n) is 20.0. The number of carbonyl (C=O) groups is 1. The number of allylic oxidation sites excluding steroid dienone is 1. The van der Waals surface area contributed by atoms with Crippen LogP contribution in [-0.4, -0.2) is 44.0 Å². The molecule has 1 saturated carbocycles. The van der Waals surface area contributed by atoms with Crippen molar-refractivity contribution >= 4 is 5.97 Å². The summed E-state index contributed by atoms with van der Waals surface area (Å²) in [5.74, 6) is 1.58. The van der Waals surface area contributed by atoms with Gasteiger partial charge in [-0.1, -0.05) is 33.1 Å². The average molecular weight is 451 g/mol. The van der Waals surface area contributed by atoms with Crippen molar-refractivity contribution < 1.29 is 28.5 Å². The summed E-state index contributed by atoms with van der Waals surface area (Å²) in [5.41, 5.74) is 0. The fourth-order valence-electron chi connectivity index (χ4n) is 5.61. The van der Waals surface area contributed by atoms with Gasteiger partial charge >= 0.3 is 5.97 Å². The van der Waals surface area contributed by atoms with E-state index in [9.17, 15) is 4.79 Å². The van der Waals surface area contributed by atoms with Gasteiger partial charge in [0, 0.05) is 31.3 Å². The van der Waals surface area contributed by atoms with Crippen LogP contribution in [-0.2, 0) is 28.5 Å². The maximum absolute atomic E-state index is 12.1. The second-order valence-electron chi connectivity index (χ2n) is 10.1. The van der Waals surface area contributed by atoms with Crippen LogP contribution < -0.4 is 0 Å². The number of ether oxygens (including phenoxy) is 5. The van der Waals surface area contributed by atoms with E-state index in [4.69, 9.17) is 23.7 Å². The molecule has 3 aliphatic heterocycles. The molecule has 0 aromatic heterocycles. The van der Waals surface area contributed by atoms with Gasteiger partial charge in [0.25, 0.3) is 0 Å². The first-order valence-electron chi connectivity index (χ1n) is 13.1. The van der Waals surface area contributed by atoms with Crippen LogP contribution in [0.15, 0.2) is 11.8 Å². The minimum atomic E-state index is -0.204. The molecule has 0 spiro atoms. The van der Waals surface area contributed by atoms with Gasteiger partial charge in [-0.25, -0.2) is 0 Å². The van der Waals surface area contributed by atoms with Crippen LogP contribution in [0.2, 0.25) is 0 Å². The van der Waals surface area contributed by atoms with Crippen molar-refractivity contribution in [3.8, 4) is 0 Å². The molecule has 1 aliphatic carbocycles. The number of esters is 1. The molecule has 3 heterocycles. The quantitative estimate of drug-likeness (QED) is 0.324. The Labute approximate surface area is 193 Å². The average Bonchev–Trinajstić information content (AvgIpc) is 3.31. The molecular formula is C26H42O6. The van der Waals surface area contributed by atoms with E-state index >= 15 is 0 Å². The smallest absolute Gasteiger partial charge is 0.306 e. The predicted molar refractivity (Wildman–Crippen MR) is 121 cm³/mol. The summed E-state index contributed by atoms with van der Waals surface area (Å²) in [6, 6.07) is 0. The Kier molecular flexibility index (Phi) is 8.90. The standard InChI is InChI=1S/C26H42O6/c1-3-4-9-18(2)12-13-20(31-24-10-5-7-14-28-24)26-19-16-23(27)30-21(19)17-22(26)32-25-11-6-8-15-29-25/h13,18-19,21-22,24-26H,3-12,14-17H2,1-2H3/t18?,19-,21+,22+,24?,25?,26-/m0/s1. The molecule has 3 unspecified atom stereocenters. The molecule has 7 atom stereocenters. The highest BCUT2D eigenvalue weighted by atomic mass is 16.7. The van der Waals surface area contributed by atoms with Crippen LogP contribution in [0.5, 0.6) is 0 Å². The van der Waals surface area contributed by atoms with Crippen LogP contribution in [0.3, 0.4) is 0 Å². The van der Waals surface area contributed by atoms with Gasteiger partial charge < -0.3 is 23.7 Å². The summed E-state index contributed by atoms with van der Waals surface area (Å²) in [6.45, 7) is 6.06. The van der Waals surface area contributed by atoms with E-state index in [0.29, 0.717) is 12.3 Å². The minimum absolute atomic E-state index is 0.0147. The third-order valence-corrected chi connectivity index (χ3v) is 7.46. The first-order chi connectivity index (χ1) is 15.6. The molecule has 0 radical (unpaired) electrons. The van der Waals surface area contributed by atoms with Crippen LogP contribution in [0, 0.1) is 17.8 Å². The summed E-state index contributed by atoms with van der Waals surface area (Å²) in [7, 11) is 0. The molecule has 0 N–H and O–H groups in total. The molecule has 0 aromatic rings. The topological polar surface area (TPSA) is 63.2 Å². The summed E-state index contributed by atoms with van der Waals surface area (Å²) in [5, 5.41) is 0. The van der Waals surface area contributed by atoms with Crippen LogP contribution in [0.4, 0.5) is 0 Å². The van der Waals surface area contributed by atoms with E-state index in [2.05, 4.69) is 19.9 Å². The van der Waals surface area contributed by atoms with Gasteiger partial charge in [-0.2, -0.15) is 0 Å². The molecule has 6 heteroatoms. The molecule has 6 nitrogen and oxygen atoms in total. The highest BCUT2D eigenvalue weighted by Crippen LogP contribution is 2.47. The molecule has 3 saturated heterocycles. The third kappa shape index (κ3) is 6.27. The van der Waals surface area contributed by atoms with Crippen molar-refractivity contribution in [2.75, 3.05) is 13.2 Å². The van der Waals surface area contributed by atoms with Crippen molar-refractivity contribution in [1.29, 1.82) is 0 Å². The number of rotatable bonds is 10. The van der Waals surface area contributed by atoms with E-state index in [-0.39, 0.29) is 42.6 Å². The minimum Gasteiger partial charge on any atom is -0.469 e. The molecule has 4 rings (SSSR count). The van der Waals surface area contributed by atoms with Gasteiger partial charge in [-0.3, -0.25) is 4.79 Å². The number of unbranched alkanes of at least 4 members (excludes halogenated alkanes) is 1. The fraction of sp³-hybridized carbons (Fsp3) is 0.885. The Morgan fingerprint density at radius 2 is 1.88 bits per heavy atom. The van der Waals surface area contributed by atoms with Crippen LogP contribution in [0.1, 0.15) is 90.9 Å². The molecule has 0 aromatic carbocycles.